The van der Waals surface area contributed by atoms with Crippen LogP contribution in [0.5, 0.6) is 0 Å². The van der Waals surface area contributed by atoms with Gasteiger partial charge in [-0.2, -0.15) is 0 Å². The third-order valence-corrected chi connectivity index (χ3v) is 4.52. The molecule has 6 N–H and O–H groups in total. The predicted octanol–water partition coefficient (Wildman–Crippen LogP) is 2.53. The first kappa shape index (κ1) is 20.7. The Morgan fingerprint density at radius 2 is 1.37 bits per heavy atom. The number of amides is 2. The van der Waals surface area contributed by atoms with Crippen molar-refractivity contribution in [3.05, 3.63) is 45.7 Å². The van der Waals surface area contributed by atoms with Crippen molar-refractivity contribution in [3.63, 3.8) is 0 Å². The molecular weight excluding hydrogens is 391 g/mol. The maximum Gasteiger partial charge on any atom is 0.250 e. The first-order chi connectivity index (χ1) is 12.8. The van der Waals surface area contributed by atoms with Gasteiger partial charge in [0.25, 0.3) is 0 Å². The summed E-state index contributed by atoms with van der Waals surface area (Å²) < 4.78 is 0. The van der Waals surface area contributed by atoms with Gasteiger partial charge in [-0.1, -0.05) is 30.1 Å². The number of aromatic nitrogens is 2. The maximum absolute atomic E-state index is 11.1. The highest BCUT2D eigenvalue weighted by Gasteiger charge is 2.12. The van der Waals surface area contributed by atoms with E-state index >= 15 is 0 Å². The number of rotatable bonds is 9. The molecule has 8 nitrogen and oxygen atoms in total. The van der Waals surface area contributed by atoms with E-state index in [2.05, 4.69) is 20.6 Å². The van der Waals surface area contributed by atoms with Gasteiger partial charge in [0, 0.05) is 25.5 Å². The standard InChI is InChI=1S/C17H20Cl2N6O2/c1-2-9(5-22-16-12(18)3-10(7-24-16)14(20)26)6-23-17-13(19)4-11(8-25-17)15(21)27/h3-4,7-9H,2,5-6H2,1H3,(H2,20,26)(H2,21,27)(H,22,24)(H,23,25). The molecule has 0 aliphatic carbocycles. The molecule has 0 unspecified atom stereocenters. The lowest BCUT2D eigenvalue weighted by molar-refractivity contribution is 0.0991. The molecule has 10 heteroatoms. The highest BCUT2D eigenvalue weighted by Crippen LogP contribution is 2.22. The molecule has 2 aromatic rings. The molecule has 27 heavy (non-hydrogen) atoms. The third-order valence-electron chi connectivity index (χ3n) is 3.95. The molecular formula is C17H20Cl2N6O2. The van der Waals surface area contributed by atoms with E-state index in [1.54, 1.807) is 0 Å². The minimum atomic E-state index is -0.585. The molecule has 2 heterocycles. The fourth-order valence-corrected chi connectivity index (χ4v) is 2.71. The second-order valence-electron chi connectivity index (χ2n) is 5.87. The first-order valence-electron chi connectivity index (χ1n) is 8.20. The summed E-state index contributed by atoms with van der Waals surface area (Å²) >= 11 is 12.2. The Balaban J connectivity index is 1.94. The lowest BCUT2D eigenvalue weighted by Crippen LogP contribution is -2.23. The van der Waals surface area contributed by atoms with Crippen molar-refractivity contribution in [2.45, 2.75) is 13.3 Å². The Labute approximate surface area is 166 Å². The summed E-state index contributed by atoms with van der Waals surface area (Å²) in [5.74, 6) is -0.00632. The van der Waals surface area contributed by atoms with E-state index in [1.165, 1.54) is 24.5 Å². The third kappa shape index (κ3) is 5.70. The summed E-state index contributed by atoms with van der Waals surface area (Å²) in [7, 11) is 0. The first-order valence-corrected chi connectivity index (χ1v) is 8.95. The van der Waals surface area contributed by atoms with Crippen LogP contribution < -0.4 is 22.1 Å². The van der Waals surface area contributed by atoms with Gasteiger partial charge in [-0.3, -0.25) is 9.59 Å². The second-order valence-corrected chi connectivity index (χ2v) is 6.69. The zero-order chi connectivity index (χ0) is 20.0. The van der Waals surface area contributed by atoms with Crippen LogP contribution in [0.2, 0.25) is 10.0 Å². The fraction of sp³-hybridized carbons (Fsp3) is 0.294. The molecule has 0 radical (unpaired) electrons. The van der Waals surface area contributed by atoms with Crippen LogP contribution in [-0.2, 0) is 0 Å². The number of hydrogen-bond acceptors (Lipinski definition) is 6. The van der Waals surface area contributed by atoms with Gasteiger partial charge in [-0.15, -0.1) is 0 Å². The monoisotopic (exact) mass is 410 g/mol. The lowest BCUT2D eigenvalue weighted by atomic mass is 10.1. The van der Waals surface area contributed by atoms with Crippen molar-refractivity contribution in [1.29, 1.82) is 0 Å². The van der Waals surface area contributed by atoms with Gasteiger partial charge in [0.1, 0.15) is 11.6 Å². The van der Waals surface area contributed by atoms with Gasteiger partial charge >= 0.3 is 0 Å². The molecule has 0 saturated carbocycles. The van der Waals surface area contributed by atoms with Crippen LogP contribution in [0.3, 0.4) is 0 Å². The van der Waals surface area contributed by atoms with Gasteiger partial charge in [-0.25, -0.2) is 9.97 Å². The average molecular weight is 411 g/mol. The molecule has 0 aromatic carbocycles. The smallest absolute Gasteiger partial charge is 0.250 e. The average Bonchev–Trinajstić information content (AvgIpc) is 2.63. The minimum Gasteiger partial charge on any atom is -0.368 e. The number of hydrogen-bond donors (Lipinski definition) is 4. The summed E-state index contributed by atoms with van der Waals surface area (Å²) in [5, 5.41) is 6.95. The van der Waals surface area contributed by atoms with Gasteiger partial charge < -0.3 is 22.1 Å². The fourth-order valence-electron chi connectivity index (χ4n) is 2.25. The van der Waals surface area contributed by atoms with Crippen LogP contribution >= 0.6 is 23.2 Å². The highest BCUT2D eigenvalue weighted by molar-refractivity contribution is 6.33. The van der Waals surface area contributed by atoms with Crippen LogP contribution in [0, 0.1) is 5.92 Å². The van der Waals surface area contributed by atoms with Gasteiger partial charge in [0.15, 0.2) is 0 Å². The number of carbonyl (C=O) groups excluding carboxylic acids is 2. The number of nitrogens with zero attached hydrogens (tertiary/aromatic N) is 2. The van der Waals surface area contributed by atoms with Gasteiger partial charge in [0.05, 0.1) is 21.2 Å². The van der Waals surface area contributed by atoms with E-state index in [0.29, 0.717) is 34.8 Å². The van der Waals surface area contributed by atoms with E-state index in [0.717, 1.165) is 6.42 Å². The number of nitrogens with one attached hydrogen (secondary N) is 2. The Hall–Kier alpha value is -2.58. The zero-order valence-electron chi connectivity index (χ0n) is 14.6. The van der Waals surface area contributed by atoms with Crippen molar-refractivity contribution < 1.29 is 9.59 Å². The largest absolute Gasteiger partial charge is 0.368 e. The van der Waals surface area contributed by atoms with Crippen molar-refractivity contribution in [2.75, 3.05) is 23.7 Å². The number of halogens is 2. The van der Waals surface area contributed by atoms with E-state index in [-0.39, 0.29) is 17.0 Å². The summed E-state index contributed by atoms with van der Waals surface area (Å²) in [6.07, 6.45) is 3.62. The lowest BCUT2D eigenvalue weighted by Gasteiger charge is -2.18. The summed E-state index contributed by atoms with van der Waals surface area (Å²) in [4.78, 5) is 30.5. The minimum absolute atomic E-state index is 0.215. The van der Waals surface area contributed by atoms with Crippen molar-refractivity contribution in [3.8, 4) is 0 Å². The number of primary amides is 2. The zero-order valence-corrected chi connectivity index (χ0v) is 16.1. The SMILES string of the molecule is CCC(CNc1ncc(C(N)=O)cc1Cl)CNc1ncc(C(N)=O)cc1Cl. The number of pyridine rings is 2. The van der Waals surface area contributed by atoms with Crippen molar-refractivity contribution in [2.24, 2.45) is 17.4 Å². The summed E-state index contributed by atoms with van der Waals surface area (Å²) in [6, 6.07) is 2.95. The van der Waals surface area contributed by atoms with Gasteiger partial charge in [0.2, 0.25) is 11.8 Å². The molecule has 0 aliphatic rings. The Bertz CT molecular complexity index is 779. The number of anilines is 2. The molecule has 144 valence electrons. The van der Waals surface area contributed by atoms with Crippen molar-refractivity contribution >= 4 is 46.7 Å². The molecule has 2 amide bonds. The van der Waals surface area contributed by atoms with E-state index in [4.69, 9.17) is 34.7 Å². The molecule has 2 rings (SSSR count). The van der Waals surface area contributed by atoms with E-state index in [9.17, 15) is 9.59 Å². The predicted molar refractivity (Wildman–Crippen MR) is 106 cm³/mol. The van der Waals surface area contributed by atoms with Gasteiger partial charge in [-0.05, 0) is 24.5 Å². The molecule has 0 bridgehead atoms. The highest BCUT2D eigenvalue weighted by atomic mass is 35.5. The van der Waals surface area contributed by atoms with E-state index < -0.39 is 11.8 Å². The molecule has 2 aromatic heterocycles. The molecule has 0 spiro atoms. The Kier molecular flexibility index (Phi) is 7.20. The summed E-state index contributed by atoms with van der Waals surface area (Å²) in [5.41, 5.74) is 10.9. The molecule has 0 fully saturated rings. The quantitative estimate of drug-likeness (QED) is 0.501. The van der Waals surface area contributed by atoms with Crippen LogP contribution in [0.15, 0.2) is 24.5 Å². The normalized spacial score (nSPS) is 10.7. The Morgan fingerprint density at radius 3 is 1.67 bits per heavy atom. The van der Waals surface area contributed by atoms with Crippen LogP contribution in [0.25, 0.3) is 0 Å². The van der Waals surface area contributed by atoms with Crippen LogP contribution in [-0.4, -0.2) is 34.9 Å². The maximum atomic E-state index is 11.1. The topological polar surface area (TPSA) is 136 Å². The summed E-state index contributed by atoms with van der Waals surface area (Å²) in [6.45, 7) is 3.22. The number of carbonyl (C=O) groups is 2. The van der Waals surface area contributed by atoms with Crippen LogP contribution in [0.1, 0.15) is 34.1 Å². The second kappa shape index (κ2) is 9.38. The molecule has 0 saturated heterocycles. The van der Waals surface area contributed by atoms with Crippen molar-refractivity contribution in [1.82, 2.24) is 9.97 Å². The Morgan fingerprint density at radius 1 is 0.963 bits per heavy atom. The molecule has 0 atom stereocenters. The molecule has 0 aliphatic heterocycles. The number of nitrogens with two attached hydrogens (primary N) is 2. The van der Waals surface area contributed by atoms with E-state index in [1.807, 2.05) is 6.92 Å². The van der Waals surface area contributed by atoms with Crippen LogP contribution in [0.4, 0.5) is 11.6 Å².